The van der Waals surface area contributed by atoms with Crippen LogP contribution in [0.3, 0.4) is 0 Å². The van der Waals surface area contributed by atoms with Crippen LogP contribution in [0.1, 0.15) is 18.1 Å². The molecule has 0 saturated heterocycles. The fourth-order valence-electron chi connectivity index (χ4n) is 2.01. The van der Waals surface area contributed by atoms with E-state index in [1.54, 1.807) is 6.07 Å². The van der Waals surface area contributed by atoms with E-state index in [9.17, 15) is 26.4 Å². The summed E-state index contributed by atoms with van der Waals surface area (Å²) in [6.45, 7) is 1.09. The van der Waals surface area contributed by atoms with Gasteiger partial charge in [0.15, 0.2) is 5.78 Å². The zero-order chi connectivity index (χ0) is 18.0. The number of alkyl halides is 3. The predicted octanol–water partition coefficient (Wildman–Crippen LogP) is 4.11. The Hall–Kier alpha value is -2.41. The summed E-state index contributed by atoms with van der Waals surface area (Å²) in [5.41, 5.74) is -0.664. The van der Waals surface area contributed by atoms with Gasteiger partial charge in [0, 0.05) is 0 Å². The standard InChI is InChI=1S/C17H13F3O3S/c1-12(21)16(24(22,23)15-5-3-2-4-6-15)11-13-7-9-14(10-8-13)17(18,19)20/h2-11H,1H3/b16-11+. The summed E-state index contributed by atoms with van der Waals surface area (Å²) >= 11 is 0. The predicted molar refractivity (Wildman–Crippen MR) is 83.7 cm³/mol. The summed E-state index contributed by atoms with van der Waals surface area (Å²) in [4.78, 5) is 11.2. The van der Waals surface area contributed by atoms with E-state index in [2.05, 4.69) is 0 Å². The summed E-state index contributed by atoms with van der Waals surface area (Å²) in [6.07, 6.45) is -3.41. The molecule has 0 bridgehead atoms. The highest BCUT2D eigenvalue weighted by molar-refractivity contribution is 7.96. The van der Waals surface area contributed by atoms with Gasteiger partial charge in [-0.2, -0.15) is 13.2 Å². The van der Waals surface area contributed by atoms with Gasteiger partial charge in [0.25, 0.3) is 0 Å². The summed E-state index contributed by atoms with van der Waals surface area (Å²) < 4.78 is 62.7. The first-order valence-corrected chi connectivity index (χ1v) is 8.31. The fraction of sp³-hybridized carbons (Fsp3) is 0.118. The van der Waals surface area contributed by atoms with Crippen LogP contribution >= 0.6 is 0 Å². The number of benzene rings is 2. The minimum Gasteiger partial charge on any atom is -0.294 e. The highest BCUT2D eigenvalue weighted by Crippen LogP contribution is 2.30. The second-order valence-corrected chi connectivity index (χ2v) is 6.92. The Balaban J connectivity index is 2.49. The molecule has 2 aromatic rings. The number of sulfone groups is 1. The third-order valence-corrected chi connectivity index (χ3v) is 5.10. The number of hydrogen-bond acceptors (Lipinski definition) is 3. The van der Waals surface area contributed by atoms with E-state index in [0.717, 1.165) is 37.3 Å². The molecule has 0 atom stereocenters. The van der Waals surface area contributed by atoms with E-state index in [0.29, 0.717) is 0 Å². The van der Waals surface area contributed by atoms with Crippen LogP contribution in [0.15, 0.2) is 64.4 Å². The van der Waals surface area contributed by atoms with Crippen molar-refractivity contribution in [1.82, 2.24) is 0 Å². The van der Waals surface area contributed by atoms with Crippen molar-refractivity contribution in [2.75, 3.05) is 0 Å². The maximum absolute atomic E-state index is 12.6. The first-order valence-electron chi connectivity index (χ1n) is 6.82. The van der Waals surface area contributed by atoms with Gasteiger partial charge in [-0.05, 0) is 42.8 Å². The lowest BCUT2D eigenvalue weighted by Gasteiger charge is -2.08. The zero-order valence-corrected chi connectivity index (χ0v) is 13.4. The Morgan fingerprint density at radius 2 is 1.50 bits per heavy atom. The fourth-order valence-corrected chi connectivity index (χ4v) is 3.45. The lowest BCUT2D eigenvalue weighted by Crippen LogP contribution is -2.11. The van der Waals surface area contributed by atoms with Crippen LogP contribution in [0.4, 0.5) is 13.2 Å². The molecule has 2 rings (SSSR count). The van der Waals surface area contributed by atoms with Crippen molar-refractivity contribution in [2.24, 2.45) is 0 Å². The van der Waals surface area contributed by atoms with E-state index in [1.807, 2.05) is 0 Å². The molecule has 3 nitrogen and oxygen atoms in total. The molecule has 0 N–H and O–H groups in total. The van der Waals surface area contributed by atoms with Crippen LogP contribution in [0.25, 0.3) is 6.08 Å². The zero-order valence-electron chi connectivity index (χ0n) is 12.5. The van der Waals surface area contributed by atoms with Gasteiger partial charge in [0.1, 0.15) is 4.91 Å². The minimum atomic E-state index is -4.48. The quantitative estimate of drug-likeness (QED) is 0.777. The molecule has 2 aromatic carbocycles. The highest BCUT2D eigenvalue weighted by Gasteiger charge is 2.30. The Bertz CT molecular complexity index is 866. The number of halogens is 3. The summed E-state index contributed by atoms with van der Waals surface area (Å²) in [6, 6.07) is 11.3. The SMILES string of the molecule is CC(=O)/C(=C\c1ccc(C(F)(F)F)cc1)S(=O)(=O)c1ccccc1. The third-order valence-electron chi connectivity index (χ3n) is 3.23. The molecule has 0 aliphatic heterocycles. The van der Waals surface area contributed by atoms with Gasteiger partial charge in [0.05, 0.1) is 10.5 Å². The molecule has 126 valence electrons. The average molecular weight is 354 g/mol. The van der Waals surface area contributed by atoms with Crippen molar-refractivity contribution in [3.8, 4) is 0 Å². The molecule has 0 saturated carbocycles. The Kier molecular flexibility index (Phi) is 4.94. The van der Waals surface area contributed by atoms with E-state index in [1.165, 1.54) is 24.3 Å². The average Bonchev–Trinajstić information content (AvgIpc) is 2.52. The van der Waals surface area contributed by atoms with E-state index < -0.39 is 32.3 Å². The van der Waals surface area contributed by atoms with E-state index in [4.69, 9.17) is 0 Å². The Morgan fingerprint density at radius 1 is 0.958 bits per heavy atom. The van der Waals surface area contributed by atoms with Crippen LogP contribution < -0.4 is 0 Å². The van der Waals surface area contributed by atoms with Gasteiger partial charge in [-0.15, -0.1) is 0 Å². The van der Waals surface area contributed by atoms with Crippen molar-refractivity contribution < 1.29 is 26.4 Å². The topological polar surface area (TPSA) is 51.2 Å². The molecule has 0 amide bonds. The Labute approximate surface area is 137 Å². The van der Waals surface area contributed by atoms with Crippen LogP contribution in [-0.2, 0) is 20.8 Å². The van der Waals surface area contributed by atoms with E-state index >= 15 is 0 Å². The number of rotatable bonds is 4. The van der Waals surface area contributed by atoms with Crippen molar-refractivity contribution in [3.63, 3.8) is 0 Å². The van der Waals surface area contributed by atoms with Gasteiger partial charge in [0.2, 0.25) is 9.84 Å². The summed E-state index contributed by atoms with van der Waals surface area (Å²) in [7, 11) is -4.05. The molecule has 0 spiro atoms. The molecule has 0 heterocycles. The Morgan fingerprint density at radius 3 is 1.96 bits per heavy atom. The van der Waals surface area contributed by atoms with Gasteiger partial charge < -0.3 is 0 Å². The van der Waals surface area contributed by atoms with Gasteiger partial charge in [-0.25, -0.2) is 8.42 Å². The molecule has 0 radical (unpaired) electrons. The molecule has 0 aromatic heterocycles. The summed E-state index contributed by atoms with van der Waals surface area (Å²) in [5, 5.41) is 0. The monoisotopic (exact) mass is 354 g/mol. The molecular weight excluding hydrogens is 341 g/mol. The van der Waals surface area contributed by atoms with Crippen molar-refractivity contribution in [3.05, 3.63) is 70.6 Å². The second-order valence-electron chi connectivity index (χ2n) is 5.00. The van der Waals surface area contributed by atoms with Crippen LogP contribution in [-0.4, -0.2) is 14.2 Å². The van der Waals surface area contributed by atoms with Gasteiger partial charge >= 0.3 is 6.18 Å². The maximum Gasteiger partial charge on any atom is 0.416 e. The molecule has 0 unspecified atom stereocenters. The lowest BCUT2D eigenvalue weighted by atomic mass is 10.1. The first-order chi connectivity index (χ1) is 11.1. The first kappa shape index (κ1) is 17.9. The third kappa shape index (κ3) is 3.91. The summed E-state index contributed by atoms with van der Waals surface area (Å²) in [5.74, 6) is -0.696. The van der Waals surface area contributed by atoms with Crippen LogP contribution in [0.2, 0.25) is 0 Å². The largest absolute Gasteiger partial charge is 0.416 e. The number of ketones is 1. The molecule has 0 fully saturated rings. The number of allylic oxidation sites excluding steroid dienone is 1. The maximum atomic E-state index is 12.6. The van der Waals surface area contributed by atoms with Crippen molar-refractivity contribution in [1.29, 1.82) is 0 Å². The van der Waals surface area contributed by atoms with Crippen LogP contribution in [0.5, 0.6) is 0 Å². The van der Waals surface area contributed by atoms with Gasteiger partial charge in [-0.3, -0.25) is 4.79 Å². The molecule has 0 aliphatic carbocycles. The minimum absolute atomic E-state index is 0.0571. The van der Waals surface area contributed by atoms with Crippen molar-refractivity contribution >= 4 is 21.7 Å². The molecule has 7 heteroatoms. The number of Topliss-reactive ketones (excluding diaryl/α,β-unsaturated/α-hetero) is 1. The van der Waals surface area contributed by atoms with E-state index in [-0.39, 0.29) is 10.5 Å². The lowest BCUT2D eigenvalue weighted by molar-refractivity contribution is -0.137. The highest BCUT2D eigenvalue weighted by atomic mass is 32.2. The molecule has 24 heavy (non-hydrogen) atoms. The number of hydrogen-bond donors (Lipinski definition) is 0. The smallest absolute Gasteiger partial charge is 0.294 e. The molecular formula is C17H13F3O3S. The number of carbonyl (C=O) groups excluding carboxylic acids is 1. The van der Waals surface area contributed by atoms with Crippen molar-refractivity contribution in [2.45, 2.75) is 18.0 Å². The van der Waals surface area contributed by atoms with Crippen LogP contribution in [0, 0.1) is 0 Å². The second kappa shape index (κ2) is 6.60. The van der Waals surface area contributed by atoms with Gasteiger partial charge in [-0.1, -0.05) is 30.3 Å². The number of carbonyl (C=O) groups is 1. The normalized spacial score (nSPS) is 12.9. The molecule has 0 aliphatic rings.